The predicted octanol–water partition coefficient (Wildman–Crippen LogP) is 5.02. The fourth-order valence-electron chi connectivity index (χ4n) is 4.50. The van der Waals surface area contributed by atoms with Gasteiger partial charge in [0.1, 0.15) is 24.7 Å². The molecule has 3 aromatic rings. The summed E-state index contributed by atoms with van der Waals surface area (Å²) in [6.07, 6.45) is 0. The van der Waals surface area contributed by atoms with Crippen molar-refractivity contribution < 1.29 is 19.7 Å². The normalized spacial score (nSPS) is 11.5. The van der Waals surface area contributed by atoms with E-state index in [0.717, 1.165) is 33.8 Å². The van der Waals surface area contributed by atoms with Crippen LogP contribution in [0.25, 0.3) is 0 Å². The molecule has 3 aromatic carbocycles. The molecule has 0 aromatic heterocycles. The van der Waals surface area contributed by atoms with Gasteiger partial charge >= 0.3 is 0 Å². The third kappa shape index (κ3) is 4.67. The zero-order chi connectivity index (χ0) is 23.3. The van der Waals surface area contributed by atoms with Crippen LogP contribution in [0.4, 0.5) is 0 Å². The van der Waals surface area contributed by atoms with E-state index in [1.807, 2.05) is 6.07 Å². The highest BCUT2D eigenvalue weighted by Crippen LogP contribution is 2.43. The predicted molar refractivity (Wildman–Crippen MR) is 129 cm³/mol. The number of aliphatic hydroxyl groups is 2. The second-order valence-corrected chi connectivity index (χ2v) is 8.51. The number of ether oxygens (including phenoxy) is 2. The van der Waals surface area contributed by atoms with E-state index in [1.54, 1.807) is 0 Å². The first-order valence-corrected chi connectivity index (χ1v) is 11.1. The van der Waals surface area contributed by atoms with E-state index >= 15 is 0 Å². The molecular formula is C28H34O4. The Balaban J connectivity index is 2.20. The van der Waals surface area contributed by atoms with Gasteiger partial charge in [-0.3, -0.25) is 0 Å². The van der Waals surface area contributed by atoms with Crippen LogP contribution in [0.15, 0.2) is 54.6 Å². The van der Waals surface area contributed by atoms with Crippen molar-refractivity contribution in [3.63, 3.8) is 0 Å². The topological polar surface area (TPSA) is 58.9 Å². The lowest BCUT2D eigenvalue weighted by atomic mass is 9.70. The third-order valence-corrected chi connectivity index (χ3v) is 6.10. The summed E-state index contributed by atoms with van der Waals surface area (Å²) in [4.78, 5) is 0. The van der Waals surface area contributed by atoms with E-state index in [4.69, 9.17) is 19.7 Å². The van der Waals surface area contributed by atoms with Crippen LogP contribution >= 0.6 is 0 Å². The zero-order valence-electron chi connectivity index (χ0n) is 19.7. The molecule has 4 heteroatoms. The van der Waals surface area contributed by atoms with Crippen LogP contribution in [0.3, 0.4) is 0 Å². The molecule has 4 nitrogen and oxygen atoms in total. The Kier molecular flexibility index (Phi) is 7.60. The van der Waals surface area contributed by atoms with E-state index in [1.165, 1.54) is 16.7 Å². The Morgan fingerprint density at radius 3 is 1.34 bits per heavy atom. The molecule has 0 bridgehead atoms. The van der Waals surface area contributed by atoms with Gasteiger partial charge in [-0.1, -0.05) is 54.6 Å². The first-order valence-electron chi connectivity index (χ1n) is 11.1. The molecule has 0 saturated carbocycles. The standard InChI is InChI=1S/C28H34O4/c1-19-15-24(16-20(2)26(19)31-13-11-29)28(5,23-9-7-6-8-10-23)25-17-21(3)27(22(4)18-25)32-14-12-30/h6-10,15-18,29-30H,11-14H2,1-5H3. The van der Waals surface area contributed by atoms with E-state index in [-0.39, 0.29) is 26.4 Å². The number of rotatable bonds is 9. The highest BCUT2D eigenvalue weighted by molar-refractivity contribution is 5.57. The van der Waals surface area contributed by atoms with Crippen molar-refractivity contribution in [2.45, 2.75) is 40.0 Å². The number of hydrogen-bond donors (Lipinski definition) is 2. The van der Waals surface area contributed by atoms with Crippen LogP contribution in [-0.2, 0) is 5.41 Å². The summed E-state index contributed by atoms with van der Waals surface area (Å²) in [5.74, 6) is 1.66. The number of aliphatic hydroxyl groups excluding tert-OH is 2. The molecule has 170 valence electrons. The van der Waals surface area contributed by atoms with Crippen LogP contribution in [0.5, 0.6) is 11.5 Å². The molecule has 0 aliphatic heterocycles. The monoisotopic (exact) mass is 434 g/mol. The summed E-state index contributed by atoms with van der Waals surface area (Å²) < 4.78 is 11.6. The maximum absolute atomic E-state index is 9.17. The number of benzene rings is 3. The molecule has 0 atom stereocenters. The molecule has 2 N–H and O–H groups in total. The van der Waals surface area contributed by atoms with Crippen molar-refractivity contribution in [2.75, 3.05) is 26.4 Å². The minimum atomic E-state index is -0.392. The number of hydrogen-bond acceptors (Lipinski definition) is 4. The zero-order valence-corrected chi connectivity index (χ0v) is 19.7. The van der Waals surface area contributed by atoms with E-state index in [0.29, 0.717) is 0 Å². The minimum Gasteiger partial charge on any atom is -0.491 e. The van der Waals surface area contributed by atoms with Gasteiger partial charge in [-0.15, -0.1) is 0 Å². The van der Waals surface area contributed by atoms with Crippen LogP contribution < -0.4 is 9.47 Å². The van der Waals surface area contributed by atoms with Gasteiger partial charge in [0, 0.05) is 5.41 Å². The molecule has 0 aliphatic carbocycles. The molecule has 0 fully saturated rings. The molecule has 0 unspecified atom stereocenters. The lowest BCUT2D eigenvalue weighted by Gasteiger charge is -2.34. The largest absolute Gasteiger partial charge is 0.491 e. The molecule has 3 rings (SSSR count). The highest BCUT2D eigenvalue weighted by atomic mass is 16.5. The van der Waals surface area contributed by atoms with Crippen molar-refractivity contribution in [1.29, 1.82) is 0 Å². The Morgan fingerprint density at radius 1 is 0.625 bits per heavy atom. The lowest BCUT2D eigenvalue weighted by molar-refractivity contribution is 0.200. The van der Waals surface area contributed by atoms with Crippen molar-refractivity contribution in [3.8, 4) is 11.5 Å². The third-order valence-electron chi connectivity index (χ3n) is 6.10. The Hall–Kier alpha value is -2.82. The smallest absolute Gasteiger partial charge is 0.125 e. The summed E-state index contributed by atoms with van der Waals surface area (Å²) in [6.45, 7) is 11.0. The molecule has 0 radical (unpaired) electrons. The molecule has 0 saturated heterocycles. The Bertz CT molecular complexity index is 947. The van der Waals surface area contributed by atoms with Crippen LogP contribution in [0.2, 0.25) is 0 Å². The van der Waals surface area contributed by atoms with E-state index in [2.05, 4.69) is 83.1 Å². The molecular weight excluding hydrogens is 400 g/mol. The maximum atomic E-state index is 9.17. The maximum Gasteiger partial charge on any atom is 0.125 e. The van der Waals surface area contributed by atoms with E-state index < -0.39 is 5.41 Å². The minimum absolute atomic E-state index is 0.00832. The molecule has 0 aliphatic rings. The van der Waals surface area contributed by atoms with Crippen molar-refractivity contribution in [3.05, 3.63) is 93.5 Å². The Morgan fingerprint density at radius 2 is 1.00 bits per heavy atom. The fourth-order valence-corrected chi connectivity index (χ4v) is 4.50. The van der Waals surface area contributed by atoms with Crippen LogP contribution in [0, 0.1) is 27.7 Å². The second kappa shape index (κ2) is 10.2. The van der Waals surface area contributed by atoms with Gasteiger partial charge < -0.3 is 19.7 Å². The molecule has 0 amide bonds. The summed E-state index contributed by atoms with van der Waals surface area (Å²) in [5, 5.41) is 18.3. The van der Waals surface area contributed by atoms with E-state index in [9.17, 15) is 0 Å². The van der Waals surface area contributed by atoms with Crippen molar-refractivity contribution in [1.82, 2.24) is 0 Å². The van der Waals surface area contributed by atoms with Gasteiger partial charge in [0.2, 0.25) is 0 Å². The second-order valence-electron chi connectivity index (χ2n) is 8.51. The quantitative estimate of drug-likeness (QED) is 0.465. The highest BCUT2D eigenvalue weighted by Gasteiger charge is 2.33. The molecule has 0 spiro atoms. The first kappa shape index (κ1) is 23.8. The summed E-state index contributed by atoms with van der Waals surface area (Å²) in [6, 6.07) is 19.3. The fraction of sp³-hybridized carbons (Fsp3) is 0.357. The lowest BCUT2D eigenvalue weighted by Crippen LogP contribution is -2.26. The molecule has 0 heterocycles. The first-order chi connectivity index (χ1) is 15.3. The van der Waals surface area contributed by atoms with Gasteiger partial charge in [0.15, 0.2) is 0 Å². The average molecular weight is 435 g/mol. The van der Waals surface area contributed by atoms with Crippen LogP contribution in [0.1, 0.15) is 45.9 Å². The SMILES string of the molecule is Cc1cc(C(C)(c2ccccc2)c2cc(C)c(OCCO)c(C)c2)cc(C)c1OCCO. The van der Waals surface area contributed by atoms with Gasteiger partial charge in [-0.05, 0) is 73.6 Å². The summed E-state index contributed by atoms with van der Waals surface area (Å²) >= 11 is 0. The number of aryl methyl sites for hydroxylation is 4. The summed E-state index contributed by atoms with van der Waals surface area (Å²) in [5.41, 5.74) is 7.36. The van der Waals surface area contributed by atoms with Crippen molar-refractivity contribution >= 4 is 0 Å². The Labute approximate surface area is 191 Å². The van der Waals surface area contributed by atoms with Gasteiger partial charge in [-0.25, -0.2) is 0 Å². The van der Waals surface area contributed by atoms with Gasteiger partial charge in [0.25, 0.3) is 0 Å². The van der Waals surface area contributed by atoms with Crippen molar-refractivity contribution in [2.24, 2.45) is 0 Å². The summed E-state index contributed by atoms with van der Waals surface area (Å²) in [7, 11) is 0. The van der Waals surface area contributed by atoms with Gasteiger partial charge in [-0.2, -0.15) is 0 Å². The van der Waals surface area contributed by atoms with Gasteiger partial charge in [0.05, 0.1) is 13.2 Å². The average Bonchev–Trinajstić information content (AvgIpc) is 2.78. The molecule has 32 heavy (non-hydrogen) atoms. The van der Waals surface area contributed by atoms with Crippen LogP contribution in [-0.4, -0.2) is 36.6 Å².